The molecule has 0 spiro atoms. The van der Waals surface area contributed by atoms with Crippen molar-refractivity contribution in [3.05, 3.63) is 58.5 Å². The van der Waals surface area contributed by atoms with Crippen LogP contribution in [0.25, 0.3) is 0 Å². The van der Waals surface area contributed by atoms with Crippen LogP contribution in [0.5, 0.6) is 23.0 Å². The summed E-state index contributed by atoms with van der Waals surface area (Å²) in [5, 5.41) is 26.0. The van der Waals surface area contributed by atoms with Gasteiger partial charge in [0, 0.05) is 12.8 Å². The van der Waals surface area contributed by atoms with Crippen molar-refractivity contribution in [3.8, 4) is 23.0 Å². The molecule has 11 nitrogen and oxygen atoms in total. The van der Waals surface area contributed by atoms with Gasteiger partial charge in [-0.1, -0.05) is 46.9 Å². The topological polar surface area (TPSA) is 130 Å². The van der Waals surface area contributed by atoms with Gasteiger partial charge in [0.15, 0.2) is 23.0 Å². The van der Waals surface area contributed by atoms with Crippen molar-refractivity contribution >= 4 is 38.8 Å². The highest BCUT2D eigenvalue weighted by atomic mass is 32.1. The van der Waals surface area contributed by atoms with Crippen LogP contribution < -0.4 is 29.6 Å². The van der Waals surface area contributed by atoms with Crippen LogP contribution >= 0.6 is 22.7 Å². The molecule has 1 amide bonds. The van der Waals surface area contributed by atoms with Crippen LogP contribution in [0.4, 0.5) is 10.3 Å². The van der Waals surface area contributed by atoms with Gasteiger partial charge >= 0.3 is 0 Å². The van der Waals surface area contributed by atoms with Gasteiger partial charge in [-0.15, -0.1) is 20.4 Å². The molecule has 0 fully saturated rings. The Morgan fingerprint density at radius 2 is 1.36 bits per heavy atom. The molecular formula is C26H26N6O5S2. The molecule has 202 valence electrons. The first-order chi connectivity index (χ1) is 19.2. The lowest BCUT2D eigenvalue weighted by atomic mass is 10.2. The van der Waals surface area contributed by atoms with Crippen molar-refractivity contribution in [2.24, 2.45) is 0 Å². The van der Waals surface area contributed by atoms with E-state index in [1.54, 1.807) is 17.4 Å². The second-order valence-corrected chi connectivity index (χ2v) is 11.1. The number of unbranched alkanes of at least 4 members (excludes halogenated alkanes) is 1. The van der Waals surface area contributed by atoms with Crippen LogP contribution in [-0.4, -0.2) is 58.3 Å². The minimum absolute atomic E-state index is 0.0888. The zero-order chi connectivity index (χ0) is 26.4. The number of benzene rings is 2. The minimum atomic E-state index is -0.737. The molecule has 2 N–H and O–H groups in total. The highest BCUT2D eigenvalue weighted by Gasteiger charge is 2.28. The Morgan fingerprint density at radius 1 is 0.769 bits per heavy atom. The number of carbonyl (C=O) groups excluding carboxylic acids is 1. The second kappa shape index (κ2) is 11.8. The van der Waals surface area contributed by atoms with Crippen LogP contribution in [0, 0.1) is 0 Å². The number of fused-ring (bicyclic) bond motifs is 2. The van der Waals surface area contributed by atoms with Crippen molar-refractivity contribution in [1.29, 1.82) is 0 Å². The van der Waals surface area contributed by atoms with Gasteiger partial charge in [-0.05, 0) is 37.1 Å². The molecule has 39 heavy (non-hydrogen) atoms. The number of rotatable bonds is 10. The van der Waals surface area contributed by atoms with Crippen molar-refractivity contribution in [2.45, 2.75) is 37.9 Å². The number of para-hydroxylation sites is 4. The maximum absolute atomic E-state index is 12.6. The predicted molar refractivity (Wildman–Crippen MR) is 146 cm³/mol. The smallest absolute Gasteiger partial charge is 0.270 e. The first kappa shape index (κ1) is 25.3. The minimum Gasteiger partial charge on any atom is -0.486 e. The number of hydrogen-bond acceptors (Lipinski definition) is 12. The van der Waals surface area contributed by atoms with E-state index in [1.165, 1.54) is 11.3 Å². The molecule has 0 radical (unpaired) electrons. The average Bonchev–Trinajstić information content (AvgIpc) is 3.63. The lowest BCUT2D eigenvalue weighted by Gasteiger charge is -2.26. The Bertz CT molecular complexity index is 1430. The fourth-order valence-electron chi connectivity index (χ4n) is 4.08. The molecule has 2 atom stereocenters. The lowest BCUT2D eigenvalue weighted by Crippen LogP contribution is -2.40. The van der Waals surface area contributed by atoms with E-state index in [1.807, 2.05) is 42.5 Å². The Labute approximate surface area is 232 Å². The van der Waals surface area contributed by atoms with Gasteiger partial charge in [-0.2, -0.15) is 0 Å². The maximum Gasteiger partial charge on any atom is 0.270 e. The van der Waals surface area contributed by atoms with E-state index >= 15 is 0 Å². The summed E-state index contributed by atoms with van der Waals surface area (Å²) < 4.78 is 23.1. The largest absolute Gasteiger partial charge is 0.486 e. The van der Waals surface area contributed by atoms with E-state index in [9.17, 15) is 4.79 Å². The summed E-state index contributed by atoms with van der Waals surface area (Å²) in [6.45, 7) is 1.23. The number of hydrogen-bond donors (Lipinski definition) is 2. The van der Waals surface area contributed by atoms with E-state index in [2.05, 4.69) is 31.0 Å². The molecule has 6 rings (SSSR count). The third-order valence-electron chi connectivity index (χ3n) is 6.04. The lowest BCUT2D eigenvalue weighted by molar-refractivity contribution is -0.125. The highest BCUT2D eigenvalue weighted by molar-refractivity contribution is 7.15. The molecule has 13 heteroatoms. The molecule has 2 aromatic heterocycles. The number of aromatic nitrogens is 4. The fraction of sp³-hybridized carbons (Fsp3) is 0.346. The summed E-state index contributed by atoms with van der Waals surface area (Å²) in [6, 6.07) is 15.0. The van der Waals surface area contributed by atoms with Crippen molar-refractivity contribution in [3.63, 3.8) is 0 Å². The number of nitrogens with zero attached hydrogens (tertiary/aromatic N) is 4. The molecular weight excluding hydrogens is 540 g/mol. The number of carbonyl (C=O) groups is 1. The molecule has 2 aliphatic rings. The molecule has 2 aromatic carbocycles. The van der Waals surface area contributed by atoms with Crippen LogP contribution in [0.2, 0.25) is 0 Å². The standard InChI is InChI=1S/C26H26N6O5S2/c33-24(21-15-35-18-8-2-4-10-20(18)37-21)28-26-32-30-23(39-26)12-6-5-11-22-29-31-25(38-22)27-13-16-14-34-17-7-1-3-9-19(17)36-16/h1-4,7-10,16,21H,5-6,11-15H2,(H,27,31)(H,28,32,33). The van der Waals surface area contributed by atoms with Crippen LogP contribution in [0.3, 0.4) is 0 Å². The highest BCUT2D eigenvalue weighted by Crippen LogP contribution is 2.32. The normalized spacial score (nSPS) is 17.4. The zero-order valence-corrected chi connectivity index (χ0v) is 22.5. The van der Waals surface area contributed by atoms with Gasteiger partial charge in [0.1, 0.15) is 29.3 Å². The second-order valence-electron chi connectivity index (χ2n) is 8.94. The predicted octanol–water partition coefficient (Wildman–Crippen LogP) is 3.99. The molecule has 0 bridgehead atoms. The SMILES string of the molecule is O=C(Nc1nnc(CCCCc2nnc(NCC3COc4ccccc4O3)s2)s1)C1COc2ccccc2O1. The van der Waals surface area contributed by atoms with Crippen LogP contribution in [-0.2, 0) is 17.6 Å². The Balaban J connectivity index is 0.895. The summed E-state index contributed by atoms with van der Waals surface area (Å²) in [5.74, 6) is 2.42. The number of ether oxygens (including phenoxy) is 4. The summed E-state index contributed by atoms with van der Waals surface area (Å²) >= 11 is 2.92. The van der Waals surface area contributed by atoms with Gasteiger partial charge < -0.3 is 24.3 Å². The van der Waals surface area contributed by atoms with Gasteiger partial charge in [-0.3, -0.25) is 10.1 Å². The molecule has 0 saturated heterocycles. The Morgan fingerprint density at radius 3 is 2.08 bits per heavy atom. The van der Waals surface area contributed by atoms with Crippen LogP contribution in [0.1, 0.15) is 22.9 Å². The zero-order valence-electron chi connectivity index (χ0n) is 20.9. The van der Waals surface area contributed by atoms with E-state index in [4.69, 9.17) is 18.9 Å². The summed E-state index contributed by atoms with van der Waals surface area (Å²) in [7, 11) is 0. The molecule has 2 unspecified atom stereocenters. The van der Waals surface area contributed by atoms with Crippen LogP contribution in [0.15, 0.2) is 48.5 Å². The number of anilines is 2. The molecule has 0 aliphatic carbocycles. The van der Waals surface area contributed by atoms with Gasteiger partial charge in [-0.25, -0.2) is 0 Å². The summed E-state index contributed by atoms with van der Waals surface area (Å²) in [5.41, 5.74) is 0. The first-order valence-corrected chi connectivity index (χ1v) is 14.3. The van der Waals surface area contributed by atoms with Gasteiger partial charge in [0.05, 0.1) is 6.54 Å². The van der Waals surface area contributed by atoms with Crippen molar-refractivity contribution < 1.29 is 23.7 Å². The molecule has 2 aliphatic heterocycles. The Kier molecular flexibility index (Phi) is 7.68. The summed E-state index contributed by atoms with van der Waals surface area (Å²) in [6.07, 6.45) is 2.65. The van der Waals surface area contributed by atoms with Gasteiger partial charge in [0.25, 0.3) is 5.91 Å². The van der Waals surface area contributed by atoms with Crippen molar-refractivity contribution in [1.82, 2.24) is 20.4 Å². The monoisotopic (exact) mass is 566 g/mol. The number of aryl methyl sites for hydroxylation is 2. The Hall–Kier alpha value is -3.97. The third-order valence-corrected chi connectivity index (χ3v) is 7.88. The summed E-state index contributed by atoms with van der Waals surface area (Å²) in [4.78, 5) is 12.6. The first-order valence-electron chi connectivity index (χ1n) is 12.7. The molecule has 4 heterocycles. The van der Waals surface area contributed by atoms with E-state index in [0.29, 0.717) is 29.8 Å². The van der Waals surface area contributed by atoms with E-state index in [-0.39, 0.29) is 18.6 Å². The average molecular weight is 567 g/mol. The number of nitrogens with one attached hydrogen (secondary N) is 2. The molecule has 0 saturated carbocycles. The molecule has 4 aromatic rings. The van der Waals surface area contributed by atoms with Crippen molar-refractivity contribution in [2.75, 3.05) is 30.4 Å². The number of amides is 1. The van der Waals surface area contributed by atoms with E-state index < -0.39 is 6.10 Å². The third kappa shape index (κ3) is 6.37. The van der Waals surface area contributed by atoms with E-state index in [0.717, 1.165) is 52.3 Å². The van der Waals surface area contributed by atoms with Gasteiger partial charge in [0.2, 0.25) is 16.4 Å². The quantitative estimate of drug-likeness (QED) is 0.272. The maximum atomic E-state index is 12.6. The fourth-order valence-corrected chi connectivity index (χ4v) is 5.66.